The Balaban J connectivity index is 0.000000396. The van der Waals surface area contributed by atoms with Crippen LogP contribution in [0.1, 0.15) is 122 Å². The quantitative estimate of drug-likeness (QED) is 0.0440. The van der Waals surface area contributed by atoms with E-state index in [1.807, 2.05) is 20.8 Å². The molecule has 0 bridgehead atoms. The molecule has 29 heteroatoms. The van der Waals surface area contributed by atoms with Gasteiger partial charge in [0.1, 0.15) is 36.5 Å². The van der Waals surface area contributed by atoms with Crippen LogP contribution < -0.4 is 21.3 Å². The molecule has 0 spiro atoms. The molecule has 0 aromatic heterocycles. The molecule has 4 heterocycles. The van der Waals surface area contributed by atoms with Gasteiger partial charge in [-0.3, -0.25) is 58.8 Å². The van der Waals surface area contributed by atoms with E-state index in [1.54, 1.807) is 51.1 Å². The molecule has 2 atom stereocenters. The molecule has 92 heavy (non-hydrogen) atoms. The second-order valence-electron chi connectivity index (χ2n) is 21.7. The first-order chi connectivity index (χ1) is 43.5. The van der Waals surface area contributed by atoms with Crippen molar-refractivity contribution in [3.8, 4) is 24.2 Å². The van der Waals surface area contributed by atoms with Crippen molar-refractivity contribution in [2.45, 2.75) is 97.9 Å². The summed E-state index contributed by atoms with van der Waals surface area (Å²) in [6.07, 6.45) is 4.54. The summed E-state index contributed by atoms with van der Waals surface area (Å²) in [4.78, 5) is 122. The molecule has 0 radical (unpaired) electrons. The van der Waals surface area contributed by atoms with E-state index < -0.39 is 76.8 Å². The van der Waals surface area contributed by atoms with Crippen molar-refractivity contribution >= 4 is 75.4 Å². The van der Waals surface area contributed by atoms with Crippen LogP contribution in [0.15, 0.2) is 40.9 Å². The Labute approximate surface area is 545 Å². The summed E-state index contributed by atoms with van der Waals surface area (Å²) < 4.78 is 64.3. The maximum atomic E-state index is 13.1. The number of benzene rings is 2. The molecule has 4 aliphatic rings. The second-order valence-corrected chi connectivity index (χ2v) is 22.5. The molecule has 10 amide bonds. The molecular formula is C63H87BrN6O22. The van der Waals surface area contributed by atoms with Gasteiger partial charge in [-0.25, -0.2) is 9.59 Å². The van der Waals surface area contributed by atoms with E-state index >= 15 is 0 Å². The van der Waals surface area contributed by atoms with Gasteiger partial charge in [-0.05, 0) is 94.6 Å². The average Bonchev–Trinajstić information content (AvgIpc) is 1.62. The van der Waals surface area contributed by atoms with Gasteiger partial charge in [0.25, 0.3) is 23.6 Å². The first-order valence-electron chi connectivity index (χ1n) is 29.5. The predicted molar refractivity (Wildman–Crippen MR) is 333 cm³/mol. The van der Waals surface area contributed by atoms with Crippen LogP contribution in [0.4, 0.5) is 9.59 Å². The molecule has 2 saturated heterocycles. The number of carbonyl (C=O) groups is 10. The summed E-state index contributed by atoms with van der Waals surface area (Å²) in [6.45, 7) is 19.7. The SMILES string of the molecule is C.C#CCOCCOCCOCCOCCOCCNC(=O)OC(C)(C)C.CC(C)(C)OC(=O)NCCOCCOCCOCCOCCOCC#Cc1cccc2c1C(=O)N(C1CCC(=O)NC1=O)C2=O.O=C1CCC(N2C(=O)c3cccc(Br)c3C2=O)C(=O)N1. The Kier molecular flexibility index (Phi) is 36.7. The Morgan fingerprint density at radius 3 is 1.23 bits per heavy atom. The van der Waals surface area contributed by atoms with Gasteiger partial charge in [-0.1, -0.05) is 37.3 Å². The minimum Gasteiger partial charge on any atom is -0.444 e. The van der Waals surface area contributed by atoms with Crippen molar-refractivity contribution in [3.63, 3.8) is 0 Å². The fourth-order valence-electron chi connectivity index (χ4n) is 8.32. The molecule has 6 rings (SSSR count). The molecule has 0 saturated carbocycles. The number of carbonyl (C=O) groups excluding carboxylic acids is 10. The second kappa shape index (κ2) is 42.8. The largest absolute Gasteiger partial charge is 0.444 e. The maximum Gasteiger partial charge on any atom is 0.407 e. The van der Waals surface area contributed by atoms with E-state index in [-0.39, 0.29) is 67.9 Å². The molecular weight excluding hydrogens is 1270 g/mol. The molecule has 508 valence electrons. The van der Waals surface area contributed by atoms with E-state index in [0.29, 0.717) is 149 Å². The van der Waals surface area contributed by atoms with Crippen LogP contribution in [0.25, 0.3) is 0 Å². The van der Waals surface area contributed by atoms with Gasteiger partial charge < -0.3 is 67.5 Å². The van der Waals surface area contributed by atoms with Crippen molar-refractivity contribution in [2.24, 2.45) is 0 Å². The first-order valence-corrected chi connectivity index (χ1v) is 30.3. The number of ether oxygens (including phenoxy) is 12. The molecule has 2 unspecified atom stereocenters. The lowest BCUT2D eigenvalue weighted by Gasteiger charge is -2.27. The summed E-state index contributed by atoms with van der Waals surface area (Å²) in [7, 11) is 0. The third-order valence-electron chi connectivity index (χ3n) is 12.3. The van der Waals surface area contributed by atoms with Crippen molar-refractivity contribution < 1.29 is 105 Å². The minimum absolute atomic E-state index is 0. The zero-order chi connectivity index (χ0) is 66.6. The lowest BCUT2D eigenvalue weighted by atomic mass is 10.0. The van der Waals surface area contributed by atoms with Crippen LogP contribution in [0.5, 0.6) is 0 Å². The monoisotopic (exact) mass is 1360 g/mol. The number of halogens is 1. The lowest BCUT2D eigenvalue weighted by molar-refractivity contribution is -0.137. The lowest BCUT2D eigenvalue weighted by Crippen LogP contribution is -2.54. The fraction of sp³-hybridized carbons (Fsp3) is 0.587. The average molecular weight is 1360 g/mol. The van der Waals surface area contributed by atoms with Crippen molar-refractivity contribution in [3.05, 3.63) is 68.7 Å². The van der Waals surface area contributed by atoms with Crippen molar-refractivity contribution in [1.29, 1.82) is 0 Å². The van der Waals surface area contributed by atoms with Gasteiger partial charge in [0, 0.05) is 36.0 Å². The van der Waals surface area contributed by atoms with Crippen molar-refractivity contribution in [2.75, 3.05) is 145 Å². The van der Waals surface area contributed by atoms with E-state index in [1.165, 1.54) is 6.07 Å². The first kappa shape index (κ1) is 79.0. The fourth-order valence-corrected chi connectivity index (χ4v) is 8.85. The van der Waals surface area contributed by atoms with Crippen LogP contribution in [-0.4, -0.2) is 238 Å². The number of hydrogen-bond acceptors (Lipinski definition) is 22. The van der Waals surface area contributed by atoms with Gasteiger partial charge >= 0.3 is 12.2 Å². The predicted octanol–water partition coefficient (Wildman–Crippen LogP) is 3.76. The number of nitrogens with zero attached hydrogens (tertiary/aromatic N) is 2. The van der Waals surface area contributed by atoms with E-state index in [9.17, 15) is 47.9 Å². The van der Waals surface area contributed by atoms with E-state index in [4.69, 9.17) is 63.3 Å². The normalized spacial score (nSPS) is 15.9. The number of fused-ring (bicyclic) bond motifs is 2. The highest BCUT2D eigenvalue weighted by Crippen LogP contribution is 2.33. The molecule has 2 aromatic carbocycles. The molecule has 2 aromatic rings. The highest BCUT2D eigenvalue weighted by molar-refractivity contribution is 9.10. The highest BCUT2D eigenvalue weighted by Gasteiger charge is 2.47. The van der Waals surface area contributed by atoms with Crippen LogP contribution in [0, 0.1) is 24.2 Å². The number of imide groups is 4. The van der Waals surface area contributed by atoms with Gasteiger partial charge in [0.05, 0.1) is 141 Å². The highest BCUT2D eigenvalue weighted by atomic mass is 79.9. The number of amides is 10. The molecule has 0 aliphatic carbocycles. The number of terminal acetylenes is 1. The van der Waals surface area contributed by atoms with E-state index in [0.717, 1.165) is 9.80 Å². The number of alkyl carbamates (subject to hydrolysis) is 2. The summed E-state index contributed by atoms with van der Waals surface area (Å²) in [5.74, 6) is 3.82. The van der Waals surface area contributed by atoms with Gasteiger partial charge in [0.15, 0.2) is 0 Å². The Morgan fingerprint density at radius 2 is 0.859 bits per heavy atom. The van der Waals surface area contributed by atoms with Gasteiger partial charge in [0.2, 0.25) is 23.6 Å². The van der Waals surface area contributed by atoms with Crippen molar-refractivity contribution in [1.82, 2.24) is 31.1 Å². The number of piperidine rings is 2. The smallest absolute Gasteiger partial charge is 0.407 e. The van der Waals surface area contributed by atoms with Crippen LogP contribution >= 0.6 is 15.9 Å². The number of rotatable bonds is 34. The maximum absolute atomic E-state index is 13.1. The zero-order valence-electron chi connectivity index (χ0n) is 52.3. The van der Waals surface area contributed by atoms with Gasteiger partial charge in [-0.15, -0.1) is 6.42 Å². The Bertz CT molecular complexity index is 2880. The van der Waals surface area contributed by atoms with Crippen LogP contribution in [-0.2, 0) is 76.0 Å². The summed E-state index contributed by atoms with van der Waals surface area (Å²) >= 11 is 3.24. The van der Waals surface area contributed by atoms with Gasteiger partial charge in [-0.2, -0.15) is 0 Å². The van der Waals surface area contributed by atoms with E-state index in [2.05, 4.69) is 55.0 Å². The summed E-state index contributed by atoms with van der Waals surface area (Å²) in [6, 6.07) is 7.68. The summed E-state index contributed by atoms with van der Waals surface area (Å²) in [5, 5.41) is 9.55. The Morgan fingerprint density at radius 1 is 0.511 bits per heavy atom. The summed E-state index contributed by atoms with van der Waals surface area (Å²) in [5.41, 5.74) is 0.191. The number of hydrogen-bond donors (Lipinski definition) is 4. The third-order valence-corrected chi connectivity index (χ3v) is 12.9. The zero-order valence-corrected chi connectivity index (χ0v) is 53.9. The minimum atomic E-state index is -1.03. The third kappa shape index (κ3) is 29.1. The molecule has 2 fully saturated rings. The molecule has 4 aliphatic heterocycles. The van der Waals surface area contributed by atoms with Crippen LogP contribution in [0.3, 0.4) is 0 Å². The molecule has 4 N–H and O–H groups in total. The molecule has 28 nitrogen and oxygen atoms in total. The topological polar surface area (TPSA) is 336 Å². The Hall–Kier alpha value is -7.26. The van der Waals surface area contributed by atoms with Crippen LogP contribution in [0.2, 0.25) is 0 Å². The number of nitrogens with one attached hydrogen (secondary N) is 4. The standard InChI is InChI=1S/C31H41N3O11.C18H33NO7.C13H9BrN2O4.CH4/c1-31(2,3)45-30(39)32-11-13-41-15-17-43-19-21-44-20-18-42-16-14-40-12-5-7-22-6-4-8-23-26(22)29(38)34(28(23)37)24-9-10-25(35)33-27(24)36;1-5-7-21-9-11-23-13-15-25-16-14-24-12-10-22-8-6-19-17(20)26-18(2,3)4;14-7-3-1-2-6-10(7)13(20)16(12(6)19)8-4-5-9(17)15-11(8)18;/h4,6,8,24H,9-21H2,1-3H3,(H,32,39)(H,33,35,36);1H,6-16H2,2-4H3,(H,19,20);1-3,8H,4-5H2,(H,15,17,18);1H4.